The maximum absolute atomic E-state index is 12.6. The normalized spacial score (nSPS) is 15.5. The Labute approximate surface area is 173 Å². The Morgan fingerprint density at radius 1 is 1.26 bits per heavy atom. The summed E-state index contributed by atoms with van der Waals surface area (Å²) >= 11 is 3.55. The third-order valence-corrected chi connectivity index (χ3v) is 5.26. The van der Waals surface area contributed by atoms with Gasteiger partial charge in [-0.15, -0.1) is 10.2 Å². The fraction of sp³-hybridized carbons (Fsp3) is 0.222. The van der Waals surface area contributed by atoms with E-state index in [1.807, 2.05) is 37.3 Å². The highest BCUT2D eigenvalue weighted by Crippen LogP contribution is 2.43. The Morgan fingerprint density at radius 3 is 2.78 bits per heavy atom. The van der Waals surface area contributed by atoms with Gasteiger partial charge in [0.2, 0.25) is 23.2 Å². The number of halogens is 1. The Balaban J connectivity index is 1.94. The van der Waals surface area contributed by atoms with Gasteiger partial charge in [0.25, 0.3) is 0 Å². The van der Waals surface area contributed by atoms with Crippen molar-refractivity contribution in [1.82, 2.24) is 15.2 Å². The molecule has 0 radical (unpaired) electrons. The van der Waals surface area contributed by atoms with Crippen molar-refractivity contribution in [2.75, 3.05) is 10.7 Å². The minimum absolute atomic E-state index is 0.178. The summed E-state index contributed by atoms with van der Waals surface area (Å²) in [6, 6.07) is 11.1. The number of carbonyl (C=O) groups excluding carboxylic acids is 1. The number of ether oxygens (including phenoxy) is 1. The number of nitrogens with zero attached hydrogens (tertiary/aromatic N) is 4. The lowest BCUT2D eigenvalue weighted by Crippen LogP contribution is -2.35. The number of thioether (sulfide) groups is 1. The molecule has 1 aromatic carbocycles. The molecule has 1 aliphatic rings. The highest BCUT2D eigenvalue weighted by Gasteiger charge is 2.36. The summed E-state index contributed by atoms with van der Waals surface area (Å²) in [6.45, 7) is 3.51. The molecule has 2 aromatic heterocycles. The van der Waals surface area contributed by atoms with Gasteiger partial charge < -0.3 is 9.15 Å². The zero-order valence-corrected chi connectivity index (χ0v) is 17.5. The molecular weight excluding hydrogens is 479 g/mol. The molecular formula is C18H15IN4O3S. The first-order chi connectivity index (χ1) is 13.1. The lowest BCUT2D eigenvalue weighted by atomic mass is 10.1. The van der Waals surface area contributed by atoms with E-state index in [2.05, 4.69) is 37.8 Å². The lowest BCUT2D eigenvalue weighted by Gasteiger charge is -2.28. The number of furan rings is 1. The van der Waals surface area contributed by atoms with Gasteiger partial charge in [0.15, 0.2) is 15.2 Å². The maximum Gasteiger partial charge on any atom is 0.247 e. The molecule has 7 nitrogen and oxygen atoms in total. The van der Waals surface area contributed by atoms with Crippen molar-refractivity contribution in [2.45, 2.75) is 25.2 Å². The zero-order chi connectivity index (χ0) is 19.0. The summed E-state index contributed by atoms with van der Waals surface area (Å²) in [6.07, 6.45) is -0.787. The summed E-state index contributed by atoms with van der Waals surface area (Å²) in [5, 5.41) is 9.05. The van der Waals surface area contributed by atoms with Crippen molar-refractivity contribution in [3.63, 3.8) is 0 Å². The predicted octanol–water partition coefficient (Wildman–Crippen LogP) is 4.29. The van der Waals surface area contributed by atoms with Crippen LogP contribution in [0.1, 0.15) is 25.8 Å². The van der Waals surface area contributed by atoms with E-state index in [1.54, 1.807) is 11.0 Å². The van der Waals surface area contributed by atoms with Crippen LogP contribution in [0, 0.1) is 3.77 Å². The van der Waals surface area contributed by atoms with E-state index in [0.717, 1.165) is 11.3 Å². The van der Waals surface area contributed by atoms with E-state index in [9.17, 15) is 4.79 Å². The second kappa shape index (κ2) is 7.47. The van der Waals surface area contributed by atoms with Gasteiger partial charge in [0, 0.05) is 12.5 Å². The van der Waals surface area contributed by atoms with Crippen molar-refractivity contribution in [3.8, 4) is 17.1 Å². The van der Waals surface area contributed by atoms with Crippen LogP contribution in [0.3, 0.4) is 0 Å². The predicted molar refractivity (Wildman–Crippen MR) is 110 cm³/mol. The first kappa shape index (κ1) is 18.2. The molecule has 9 heteroatoms. The number of para-hydroxylation sites is 1. The summed E-state index contributed by atoms with van der Waals surface area (Å²) in [4.78, 5) is 18.6. The molecule has 0 bridgehead atoms. The summed E-state index contributed by atoms with van der Waals surface area (Å²) in [5.41, 5.74) is 1.91. The van der Waals surface area contributed by atoms with Crippen molar-refractivity contribution < 1.29 is 13.9 Å². The van der Waals surface area contributed by atoms with Gasteiger partial charge in [-0.2, -0.15) is 4.98 Å². The Kier molecular flexibility index (Phi) is 5.04. The number of hydrogen-bond acceptors (Lipinski definition) is 7. The molecule has 1 amide bonds. The number of hydrogen-bond donors (Lipinski definition) is 0. The molecule has 0 N–H and O–H groups in total. The van der Waals surface area contributed by atoms with Gasteiger partial charge in [0.1, 0.15) is 0 Å². The first-order valence-electron chi connectivity index (χ1n) is 8.27. The van der Waals surface area contributed by atoms with Crippen molar-refractivity contribution in [1.29, 1.82) is 0 Å². The van der Waals surface area contributed by atoms with E-state index in [1.165, 1.54) is 18.7 Å². The third-order valence-electron chi connectivity index (χ3n) is 3.96. The Morgan fingerprint density at radius 2 is 2.07 bits per heavy atom. The summed E-state index contributed by atoms with van der Waals surface area (Å²) in [5.74, 6) is 1.48. The lowest BCUT2D eigenvalue weighted by molar-refractivity contribution is -0.118. The highest BCUT2D eigenvalue weighted by molar-refractivity contribution is 14.1. The minimum atomic E-state index is -0.787. The second-order valence-corrected chi connectivity index (χ2v) is 7.99. The fourth-order valence-electron chi connectivity index (χ4n) is 2.89. The smallest absolute Gasteiger partial charge is 0.247 e. The molecule has 0 saturated carbocycles. The molecule has 3 aromatic rings. The Hall–Kier alpha value is -2.14. The van der Waals surface area contributed by atoms with E-state index in [0.29, 0.717) is 31.9 Å². The zero-order valence-electron chi connectivity index (χ0n) is 14.5. The first-order valence-corrected chi connectivity index (χ1v) is 10.3. The highest BCUT2D eigenvalue weighted by atomic mass is 127. The molecule has 3 heterocycles. The monoisotopic (exact) mass is 494 g/mol. The molecule has 1 atom stereocenters. The summed E-state index contributed by atoms with van der Waals surface area (Å²) < 4.78 is 12.7. The van der Waals surface area contributed by atoms with Crippen molar-refractivity contribution >= 4 is 45.9 Å². The van der Waals surface area contributed by atoms with E-state index in [4.69, 9.17) is 9.15 Å². The molecule has 0 aliphatic carbocycles. The van der Waals surface area contributed by atoms with Crippen LogP contribution in [0.4, 0.5) is 5.69 Å². The van der Waals surface area contributed by atoms with Gasteiger partial charge in [-0.05, 0) is 46.5 Å². The second-order valence-electron chi connectivity index (χ2n) is 5.70. The molecule has 4 rings (SSSR count). The van der Waals surface area contributed by atoms with Crippen LogP contribution in [0.25, 0.3) is 11.3 Å². The average molecular weight is 494 g/mol. The van der Waals surface area contributed by atoms with Gasteiger partial charge in [-0.3, -0.25) is 9.69 Å². The standard InChI is InChI=1S/C18H15IN4O3S/c1-3-27-18-20-16-15(21-22-18)11-6-4-5-7-12(11)23(10(2)24)17(26-16)13-8-9-14(19)25-13/h4-9,17H,3H2,1-2H3/t17-/m0/s1. The van der Waals surface area contributed by atoms with E-state index < -0.39 is 6.23 Å². The fourth-order valence-corrected chi connectivity index (χ4v) is 3.83. The number of amides is 1. The van der Waals surface area contributed by atoms with Crippen LogP contribution in [-0.2, 0) is 4.79 Å². The van der Waals surface area contributed by atoms with Crippen LogP contribution < -0.4 is 9.64 Å². The number of carbonyl (C=O) groups is 1. The Bertz CT molecular complexity index is 1010. The van der Waals surface area contributed by atoms with Crippen LogP contribution >= 0.6 is 34.4 Å². The maximum atomic E-state index is 12.6. The number of anilines is 1. The summed E-state index contributed by atoms with van der Waals surface area (Å²) in [7, 11) is 0. The van der Waals surface area contributed by atoms with Crippen molar-refractivity contribution in [2.24, 2.45) is 0 Å². The van der Waals surface area contributed by atoms with Gasteiger partial charge in [-0.1, -0.05) is 36.9 Å². The van der Waals surface area contributed by atoms with E-state index in [-0.39, 0.29) is 5.91 Å². The topological polar surface area (TPSA) is 81.3 Å². The third kappa shape index (κ3) is 3.41. The SMILES string of the molecule is CCSc1nnc2c(n1)O[C@@H](c1ccc(I)o1)N(C(C)=O)c1ccccc1-2. The average Bonchev–Trinajstić information content (AvgIpc) is 3.02. The number of aromatic nitrogens is 3. The molecule has 0 spiro atoms. The van der Waals surface area contributed by atoms with Crippen LogP contribution in [0.5, 0.6) is 5.88 Å². The molecule has 138 valence electrons. The molecule has 0 fully saturated rings. The van der Waals surface area contributed by atoms with Crippen LogP contribution in [0.2, 0.25) is 0 Å². The van der Waals surface area contributed by atoms with E-state index >= 15 is 0 Å². The molecule has 27 heavy (non-hydrogen) atoms. The van der Waals surface area contributed by atoms with Gasteiger partial charge in [-0.25, -0.2) is 0 Å². The molecule has 0 unspecified atom stereocenters. The molecule has 1 aliphatic heterocycles. The quantitative estimate of drug-likeness (QED) is 0.397. The number of fused-ring (bicyclic) bond motifs is 3. The van der Waals surface area contributed by atoms with Crippen LogP contribution in [-0.4, -0.2) is 26.8 Å². The van der Waals surface area contributed by atoms with Gasteiger partial charge >= 0.3 is 0 Å². The van der Waals surface area contributed by atoms with Crippen LogP contribution in [0.15, 0.2) is 46.0 Å². The largest absolute Gasteiger partial charge is 0.449 e. The molecule has 0 saturated heterocycles. The number of benzene rings is 1. The van der Waals surface area contributed by atoms with Gasteiger partial charge in [0.05, 0.1) is 5.69 Å². The minimum Gasteiger partial charge on any atom is -0.449 e. The number of rotatable bonds is 3. The van der Waals surface area contributed by atoms with Crippen molar-refractivity contribution in [3.05, 3.63) is 45.9 Å².